The number of esters is 1. The molecule has 34 heavy (non-hydrogen) atoms. The molecular formula is C28H34N2O4. The van der Waals surface area contributed by atoms with Crippen molar-refractivity contribution in [1.29, 1.82) is 0 Å². The molecule has 0 bridgehead atoms. The Hall–Kier alpha value is -3.15. The highest BCUT2D eigenvalue weighted by atomic mass is 16.5. The van der Waals surface area contributed by atoms with E-state index in [1.165, 1.54) is 5.56 Å². The van der Waals surface area contributed by atoms with Crippen molar-refractivity contribution in [2.45, 2.75) is 52.5 Å². The van der Waals surface area contributed by atoms with Gasteiger partial charge in [-0.1, -0.05) is 42.0 Å². The zero-order chi connectivity index (χ0) is 24.1. The highest BCUT2D eigenvalue weighted by Crippen LogP contribution is 2.33. The van der Waals surface area contributed by atoms with Crippen molar-refractivity contribution in [2.75, 3.05) is 24.6 Å². The van der Waals surface area contributed by atoms with E-state index in [9.17, 15) is 14.4 Å². The van der Waals surface area contributed by atoms with Gasteiger partial charge in [-0.2, -0.15) is 0 Å². The molecule has 2 fully saturated rings. The molecule has 0 unspecified atom stereocenters. The van der Waals surface area contributed by atoms with Crippen LogP contribution in [-0.4, -0.2) is 42.4 Å². The van der Waals surface area contributed by atoms with Crippen molar-refractivity contribution in [1.82, 2.24) is 4.90 Å². The van der Waals surface area contributed by atoms with Gasteiger partial charge >= 0.3 is 5.97 Å². The van der Waals surface area contributed by atoms with E-state index >= 15 is 0 Å². The minimum atomic E-state index is -0.233. The van der Waals surface area contributed by atoms with Gasteiger partial charge in [-0.25, -0.2) is 0 Å². The molecule has 180 valence electrons. The molecule has 0 radical (unpaired) electrons. The molecule has 1 atom stereocenters. The van der Waals surface area contributed by atoms with E-state index in [1.807, 2.05) is 35.2 Å². The number of likely N-dealkylation sites (tertiary alicyclic amines) is 1. The number of piperidine rings is 1. The van der Waals surface area contributed by atoms with Gasteiger partial charge < -0.3 is 14.5 Å². The van der Waals surface area contributed by atoms with Crippen molar-refractivity contribution in [3.63, 3.8) is 0 Å². The highest BCUT2D eigenvalue weighted by molar-refractivity contribution is 5.96. The number of hydrogen-bond acceptors (Lipinski definition) is 4. The fourth-order valence-corrected chi connectivity index (χ4v) is 4.58. The summed E-state index contributed by atoms with van der Waals surface area (Å²) in [5.41, 5.74) is 4.04. The Balaban J connectivity index is 1.41. The van der Waals surface area contributed by atoms with Crippen molar-refractivity contribution in [2.24, 2.45) is 11.8 Å². The Morgan fingerprint density at radius 2 is 1.76 bits per heavy atom. The third-order valence-electron chi connectivity index (χ3n) is 6.61. The van der Waals surface area contributed by atoms with Crippen LogP contribution in [0, 0.1) is 18.8 Å². The summed E-state index contributed by atoms with van der Waals surface area (Å²) in [6.07, 6.45) is 3.77. The fraction of sp³-hybridized carbons (Fsp3) is 0.464. The summed E-state index contributed by atoms with van der Waals surface area (Å²) < 4.78 is 5.14. The van der Waals surface area contributed by atoms with E-state index in [1.54, 1.807) is 11.8 Å². The Bertz CT molecular complexity index is 1030. The molecule has 1 aliphatic heterocycles. The van der Waals surface area contributed by atoms with Gasteiger partial charge in [0, 0.05) is 24.7 Å². The monoisotopic (exact) mass is 462 g/mol. The predicted molar refractivity (Wildman–Crippen MR) is 131 cm³/mol. The fourth-order valence-electron chi connectivity index (χ4n) is 4.58. The average molecular weight is 463 g/mol. The van der Waals surface area contributed by atoms with E-state index in [4.69, 9.17) is 4.74 Å². The maximum absolute atomic E-state index is 13.0. The minimum Gasteiger partial charge on any atom is -0.466 e. The zero-order valence-corrected chi connectivity index (χ0v) is 20.2. The summed E-state index contributed by atoms with van der Waals surface area (Å²) in [5.74, 6) is -0.129. The number of nitrogens with zero attached hydrogens (tertiary/aromatic N) is 2. The van der Waals surface area contributed by atoms with E-state index in [0.29, 0.717) is 26.2 Å². The largest absolute Gasteiger partial charge is 0.466 e. The predicted octanol–water partition coefficient (Wildman–Crippen LogP) is 4.28. The lowest BCUT2D eigenvalue weighted by Crippen LogP contribution is -2.43. The number of carbonyl (C=O) groups excluding carboxylic acids is 3. The van der Waals surface area contributed by atoms with Crippen LogP contribution in [0.1, 0.15) is 49.3 Å². The van der Waals surface area contributed by atoms with Crippen LogP contribution in [0.15, 0.2) is 48.5 Å². The second-order valence-corrected chi connectivity index (χ2v) is 9.46. The normalized spacial score (nSPS) is 17.8. The van der Waals surface area contributed by atoms with Crippen molar-refractivity contribution < 1.29 is 19.1 Å². The number of aryl methyl sites for hydroxylation is 1. The summed E-state index contributed by atoms with van der Waals surface area (Å²) in [6.45, 7) is 5.86. The van der Waals surface area contributed by atoms with Crippen LogP contribution in [0.2, 0.25) is 0 Å². The molecule has 4 rings (SSSR count). The lowest BCUT2D eigenvalue weighted by Gasteiger charge is -2.31. The minimum absolute atomic E-state index is 0.0208. The van der Waals surface area contributed by atoms with Gasteiger partial charge in [-0.05, 0) is 62.8 Å². The quantitative estimate of drug-likeness (QED) is 0.549. The van der Waals surface area contributed by atoms with Crippen LogP contribution in [0.5, 0.6) is 0 Å². The van der Waals surface area contributed by atoms with Gasteiger partial charge in [0.25, 0.3) is 0 Å². The molecule has 2 amide bonds. The molecule has 0 spiro atoms. The molecule has 6 nitrogen and oxygen atoms in total. The standard InChI is InChI=1S/C28H34N2O4/c1-3-34-28(33)24-8-5-15-29(19-24)26(31)17-21-9-13-25(14-10-21)30(27(32)23-11-12-23)18-22-7-4-6-20(2)16-22/h4,6-7,9-10,13-14,16,23-24H,3,5,8,11-12,15,17-19H2,1-2H3/t24-/m0/s1. The van der Waals surface area contributed by atoms with Crippen molar-refractivity contribution in [3.05, 3.63) is 65.2 Å². The number of hydrogen-bond donors (Lipinski definition) is 0. The Kier molecular flexibility index (Phi) is 7.66. The first-order valence-corrected chi connectivity index (χ1v) is 12.3. The average Bonchev–Trinajstić information content (AvgIpc) is 3.69. The first kappa shape index (κ1) is 24.0. The number of carbonyl (C=O) groups is 3. The zero-order valence-electron chi connectivity index (χ0n) is 20.2. The van der Waals surface area contributed by atoms with Gasteiger partial charge in [0.2, 0.25) is 11.8 Å². The van der Waals surface area contributed by atoms with Crippen LogP contribution in [-0.2, 0) is 32.1 Å². The number of amides is 2. The lowest BCUT2D eigenvalue weighted by molar-refractivity contribution is -0.151. The Morgan fingerprint density at radius 3 is 2.44 bits per heavy atom. The molecular weight excluding hydrogens is 428 g/mol. The van der Waals surface area contributed by atoms with Gasteiger partial charge in [-0.3, -0.25) is 14.4 Å². The number of rotatable bonds is 8. The van der Waals surface area contributed by atoms with Gasteiger partial charge in [0.1, 0.15) is 0 Å². The SMILES string of the molecule is CCOC(=O)[C@H]1CCCN(C(=O)Cc2ccc(N(Cc3cccc(C)c3)C(=O)C3CC3)cc2)C1. The first-order valence-electron chi connectivity index (χ1n) is 12.3. The molecule has 1 heterocycles. The van der Waals surface area contributed by atoms with Crippen LogP contribution in [0.4, 0.5) is 5.69 Å². The summed E-state index contributed by atoms with van der Waals surface area (Å²) in [7, 11) is 0. The summed E-state index contributed by atoms with van der Waals surface area (Å²) >= 11 is 0. The third-order valence-corrected chi connectivity index (χ3v) is 6.61. The molecule has 1 aliphatic carbocycles. The van der Waals surface area contributed by atoms with Crippen LogP contribution >= 0.6 is 0 Å². The van der Waals surface area contributed by atoms with Crippen LogP contribution in [0.25, 0.3) is 0 Å². The maximum atomic E-state index is 13.0. The summed E-state index contributed by atoms with van der Waals surface area (Å²) in [4.78, 5) is 41.7. The number of anilines is 1. The second kappa shape index (κ2) is 10.9. The van der Waals surface area contributed by atoms with E-state index < -0.39 is 0 Å². The van der Waals surface area contributed by atoms with Crippen molar-refractivity contribution in [3.8, 4) is 0 Å². The molecule has 2 aliphatic rings. The topological polar surface area (TPSA) is 66.9 Å². The summed E-state index contributed by atoms with van der Waals surface area (Å²) in [6, 6.07) is 16.0. The third kappa shape index (κ3) is 6.04. The maximum Gasteiger partial charge on any atom is 0.310 e. The van der Waals surface area contributed by atoms with E-state index in [-0.39, 0.29) is 36.0 Å². The lowest BCUT2D eigenvalue weighted by atomic mass is 9.97. The second-order valence-electron chi connectivity index (χ2n) is 9.46. The van der Waals surface area contributed by atoms with Gasteiger partial charge in [0.05, 0.1) is 25.5 Å². The van der Waals surface area contributed by atoms with Crippen LogP contribution in [0.3, 0.4) is 0 Å². The molecule has 1 saturated heterocycles. The van der Waals surface area contributed by atoms with Gasteiger partial charge in [-0.15, -0.1) is 0 Å². The molecule has 2 aromatic rings. The first-order chi connectivity index (χ1) is 16.4. The highest BCUT2D eigenvalue weighted by Gasteiger charge is 2.34. The molecule has 6 heteroatoms. The summed E-state index contributed by atoms with van der Waals surface area (Å²) in [5, 5.41) is 0. The van der Waals surface area contributed by atoms with Crippen molar-refractivity contribution >= 4 is 23.5 Å². The van der Waals surface area contributed by atoms with E-state index in [2.05, 4.69) is 25.1 Å². The molecule has 2 aromatic carbocycles. The molecule has 0 N–H and O–H groups in total. The molecule has 0 aromatic heterocycles. The molecule has 1 saturated carbocycles. The van der Waals surface area contributed by atoms with Crippen LogP contribution < -0.4 is 4.90 Å². The smallest absolute Gasteiger partial charge is 0.310 e. The Morgan fingerprint density at radius 1 is 1.00 bits per heavy atom. The number of ether oxygens (including phenoxy) is 1. The Labute approximate surface area is 201 Å². The van der Waals surface area contributed by atoms with Gasteiger partial charge in [0.15, 0.2) is 0 Å². The van der Waals surface area contributed by atoms with E-state index in [0.717, 1.165) is 42.5 Å². The number of benzene rings is 2.